The first-order valence-corrected chi connectivity index (χ1v) is 9.60. The fourth-order valence-electron chi connectivity index (χ4n) is 3.56. The van der Waals surface area contributed by atoms with E-state index < -0.39 is 11.9 Å². The van der Waals surface area contributed by atoms with Gasteiger partial charge >= 0.3 is 6.03 Å². The Kier molecular flexibility index (Phi) is 5.13. The van der Waals surface area contributed by atoms with Gasteiger partial charge in [0.1, 0.15) is 11.5 Å². The van der Waals surface area contributed by atoms with E-state index in [1.54, 1.807) is 36.4 Å². The zero-order chi connectivity index (χ0) is 19.7. The van der Waals surface area contributed by atoms with E-state index in [1.807, 2.05) is 4.90 Å². The summed E-state index contributed by atoms with van der Waals surface area (Å²) in [6, 6.07) is 11.3. The molecule has 1 saturated heterocycles. The molecule has 2 aliphatic heterocycles. The number of urea groups is 1. The van der Waals surface area contributed by atoms with Gasteiger partial charge < -0.3 is 4.90 Å². The van der Waals surface area contributed by atoms with Crippen LogP contribution < -0.4 is 4.90 Å². The minimum atomic E-state index is -0.593. The summed E-state index contributed by atoms with van der Waals surface area (Å²) in [4.78, 5) is 31.8. The predicted molar refractivity (Wildman–Crippen MR) is 106 cm³/mol. The summed E-state index contributed by atoms with van der Waals surface area (Å²) in [5.41, 5.74) is 2.12. The lowest BCUT2D eigenvalue weighted by molar-refractivity contribution is -0.121. The molecule has 0 aromatic heterocycles. The van der Waals surface area contributed by atoms with E-state index in [9.17, 15) is 14.0 Å². The number of halogens is 2. The summed E-state index contributed by atoms with van der Waals surface area (Å²) in [6.07, 6.45) is 2.26. The van der Waals surface area contributed by atoms with Crippen molar-refractivity contribution in [3.63, 3.8) is 0 Å². The van der Waals surface area contributed by atoms with Gasteiger partial charge in [0, 0.05) is 24.5 Å². The largest absolute Gasteiger partial charge is 0.369 e. The molecule has 28 heavy (non-hydrogen) atoms. The van der Waals surface area contributed by atoms with Gasteiger partial charge in [0.2, 0.25) is 0 Å². The van der Waals surface area contributed by atoms with Crippen LogP contribution in [0.4, 0.5) is 14.9 Å². The van der Waals surface area contributed by atoms with Crippen LogP contribution in [0.2, 0.25) is 5.02 Å². The van der Waals surface area contributed by atoms with Crippen LogP contribution in [0.3, 0.4) is 0 Å². The number of aliphatic imine (C=N–C) groups is 1. The summed E-state index contributed by atoms with van der Waals surface area (Å²) in [5.74, 6) is -0.751. The molecule has 0 bridgehead atoms. The number of imide groups is 1. The fourth-order valence-corrected chi connectivity index (χ4v) is 3.69. The highest BCUT2D eigenvalue weighted by Crippen LogP contribution is 2.25. The Morgan fingerprint density at radius 1 is 1.00 bits per heavy atom. The second-order valence-electron chi connectivity index (χ2n) is 7.02. The topological polar surface area (TPSA) is 53.0 Å². The van der Waals surface area contributed by atoms with Crippen molar-refractivity contribution in [1.82, 2.24) is 4.90 Å². The van der Waals surface area contributed by atoms with Crippen molar-refractivity contribution >= 4 is 34.9 Å². The maximum absolute atomic E-state index is 14.5. The van der Waals surface area contributed by atoms with Crippen molar-refractivity contribution in [2.45, 2.75) is 25.8 Å². The van der Waals surface area contributed by atoms with Crippen molar-refractivity contribution < 1.29 is 14.0 Å². The highest BCUT2D eigenvalue weighted by Gasteiger charge is 2.33. The maximum atomic E-state index is 14.5. The molecule has 4 rings (SSSR count). The van der Waals surface area contributed by atoms with Crippen molar-refractivity contribution in [2.75, 3.05) is 18.0 Å². The van der Waals surface area contributed by atoms with Crippen molar-refractivity contribution in [3.8, 4) is 0 Å². The van der Waals surface area contributed by atoms with Crippen LogP contribution in [0.25, 0.3) is 0 Å². The Bertz CT molecular complexity index is 953. The van der Waals surface area contributed by atoms with Crippen LogP contribution >= 0.6 is 11.6 Å². The van der Waals surface area contributed by atoms with Crippen LogP contribution in [-0.2, 0) is 17.8 Å². The third kappa shape index (κ3) is 3.78. The van der Waals surface area contributed by atoms with Gasteiger partial charge in [0.05, 0.1) is 12.2 Å². The second kappa shape index (κ2) is 7.72. The zero-order valence-electron chi connectivity index (χ0n) is 15.2. The molecule has 2 aromatic carbocycles. The van der Waals surface area contributed by atoms with Crippen LogP contribution in [0.1, 0.15) is 24.0 Å². The van der Waals surface area contributed by atoms with E-state index in [-0.39, 0.29) is 24.5 Å². The number of carbonyl (C=O) groups is 2. The van der Waals surface area contributed by atoms with Gasteiger partial charge in [-0.15, -0.1) is 0 Å². The molecule has 2 aliphatic rings. The molecule has 0 atom stereocenters. The Labute approximate surface area is 167 Å². The molecule has 5 nitrogen and oxygen atoms in total. The number of carbonyl (C=O) groups excluding carboxylic acids is 2. The molecule has 0 saturated carbocycles. The molecule has 0 radical (unpaired) electrons. The number of anilines is 1. The van der Waals surface area contributed by atoms with Crippen molar-refractivity contribution in [2.24, 2.45) is 4.99 Å². The highest BCUT2D eigenvalue weighted by molar-refractivity contribution is 6.46. The molecule has 2 aromatic rings. The van der Waals surface area contributed by atoms with Crippen LogP contribution in [0.5, 0.6) is 0 Å². The van der Waals surface area contributed by atoms with Crippen molar-refractivity contribution in [3.05, 3.63) is 64.4 Å². The lowest BCUT2D eigenvalue weighted by Crippen LogP contribution is -2.32. The van der Waals surface area contributed by atoms with Crippen LogP contribution in [0, 0.1) is 5.82 Å². The Balaban J connectivity index is 1.45. The van der Waals surface area contributed by atoms with Gasteiger partial charge in [0.25, 0.3) is 5.91 Å². The molecule has 144 valence electrons. The predicted octanol–water partition coefficient (Wildman–Crippen LogP) is 4.23. The van der Waals surface area contributed by atoms with Crippen molar-refractivity contribution in [1.29, 1.82) is 0 Å². The normalized spacial score (nSPS) is 16.9. The van der Waals surface area contributed by atoms with Gasteiger partial charge in [-0.05, 0) is 48.2 Å². The molecule has 2 heterocycles. The van der Waals surface area contributed by atoms with E-state index in [1.165, 1.54) is 6.07 Å². The van der Waals surface area contributed by atoms with Gasteiger partial charge in [-0.3, -0.25) is 9.69 Å². The Morgan fingerprint density at radius 3 is 2.36 bits per heavy atom. The number of rotatable bonds is 5. The minimum Gasteiger partial charge on any atom is -0.369 e. The minimum absolute atomic E-state index is 0.124. The van der Waals surface area contributed by atoms with Gasteiger partial charge in [-0.1, -0.05) is 29.8 Å². The van der Waals surface area contributed by atoms with E-state index in [0.29, 0.717) is 16.3 Å². The first-order valence-electron chi connectivity index (χ1n) is 9.22. The molecule has 1 fully saturated rings. The lowest BCUT2D eigenvalue weighted by atomic mass is 10.1. The SMILES string of the molecule is O=C1N=C(Cc2ccc(N3CCCC3)c(F)c2)C(=O)N1Cc1ccc(Cl)cc1. The summed E-state index contributed by atoms with van der Waals surface area (Å²) < 4.78 is 14.5. The van der Waals surface area contributed by atoms with Gasteiger partial charge in [-0.25, -0.2) is 9.18 Å². The smallest absolute Gasteiger partial charge is 0.351 e. The highest BCUT2D eigenvalue weighted by atomic mass is 35.5. The monoisotopic (exact) mass is 399 g/mol. The van der Waals surface area contributed by atoms with E-state index in [0.717, 1.165) is 36.4 Å². The summed E-state index contributed by atoms with van der Waals surface area (Å²) >= 11 is 5.86. The quantitative estimate of drug-likeness (QED) is 0.756. The Hall–Kier alpha value is -2.73. The molecular weight excluding hydrogens is 381 g/mol. The summed E-state index contributed by atoms with van der Waals surface area (Å²) in [7, 11) is 0. The van der Waals surface area contributed by atoms with Gasteiger partial charge in [-0.2, -0.15) is 4.99 Å². The molecule has 3 amide bonds. The molecular formula is C21H19ClFN3O2. The number of nitrogens with zero attached hydrogens (tertiary/aromatic N) is 3. The summed E-state index contributed by atoms with van der Waals surface area (Å²) in [5, 5.41) is 0.583. The van der Waals surface area contributed by atoms with Gasteiger partial charge in [0.15, 0.2) is 0 Å². The molecule has 0 unspecified atom stereocenters. The lowest BCUT2D eigenvalue weighted by Gasteiger charge is -2.18. The summed E-state index contributed by atoms with van der Waals surface area (Å²) in [6.45, 7) is 1.84. The number of hydrogen-bond donors (Lipinski definition) is 0. The zero-order valence-corrected chi connectivity index (χ0v) is 16.0. The van der Waals surface area contributed by atoms with Crippen LogP contribution in [0.15, 0.2) is 47.5 Å². The standard InChI is InChI=1S/C21H19ClFN3O2/c22-16-6-3-14(4-7-16)13-26-20(27)18(24-21(26)28)12-15-5-8-19(17(23)11-15)25-9-1-2-10-25/h3-8,11H,1-2,9-10,12-13H2. The third-order valence-corrected chi connectivity index (χ3v) is 5.29. The molecule has 7 heteroatoms. The number of benzene rings is 2. The third-order valence-electron chi connectivity index (χ3n) is 5.04. The Morgan fingerprint density at radius 2 is 1.68 bits per heavy atom. The fraction of sp³-hybridized carbons (Fsp3) is 0.286. The number of amides is 3. The average molecular weight is 400 g/mol. The first kappa shape index (κ1) is 18.6. The molecule has 0 spiro atoms. The maximum Gasteiger partial charge on any atom is 0.351 e. The molecule has 0 aliphatic carbocycles. The van der Waals surface area contributed by atoms with E-state index >= 15 is 0 Å². The second-order valence-corrected chi connectivity index (χ2v) is 7.45. The first-order chi connectivity index (χ1) is 13.5. The van der Waals surface area contributed by atoms with Crippen LogP contribution in [-0.4, -0.2) is 35.6 Å². The molecule has 0 N–H and O–H groups in total. The van der Waals surface area contributed by atoms with E-state index in [2.05, 4.69) is 4.99 Å². The average Bonchev–Trinajstić information content (AvgIpc) is 3.28. The van der Waals surface area contributed by atoms with E-state index in [4.69, 9.17) is 11.6 Å². The number of hydrogen-bond acceptors (Lipinski definition) is 3.